The summed E-state index contributed by atoms with van der Waals surface area (Å²) in [5.74, 6) is 0.500. The van der Waals surface area contributed by atoms with E-state index in [0.29, 0.717) is 36.1 Å². The molecule has 0 heterocycles. The topological polar surface area (TPSA) is 108 Å². The SMILES string of the molecule is CCOc1ccc(OCC)c(N=NC(C(C)=O)C(=O)Nc2c(Cl)cc(OC)cc2OC)c1. The maximum absolute atomic E-state index is 12.8. The molecule has 0 aliphatic carbocycles. The molecular weight excluding hydrogens is 438 g/mol. The van der Waals surface area contributed by atoms with Crippen LogP contribution in [-0.2, 0) is 9.59 Å². The third kappa shape index (κ3) is 6.34. The minimum Gasteiger partial charge on any atom is -0.497 e. The number of carbonyl (C=O) groups is 2. The Kier molecular flexibility index (Phi) is 9.27. The smallest absolute Gasteiger partial charge is 0.258 e. The molecule has 1 atom stereocenters. The molecule has 0 saturated heterocycles. The first-order valence-electron chi connectivity index (χ1n) is 9.87. The molecule has 0 radical (unpaired) electrons. The number of Topliss-reactive ketones (excluding diaryl/α,β-unsaturated/α-hetero) is 1. The first-order valence-corrected chi connectivity index (χ1v) is 10.3. The Labute approximate surface area is 191 Å². The molecule has 10 heteroatoms. The molecule has 0 aliphatic rings. The van der Waals surface area contributed by atoms with Gasteiger partial charge in [0, 0.05) is 18.2 Å². The van der Waals surface area contributed by atoms with Crippen LogP contribution in [0.5, 0.6) is 23.0 Å². The van der Waals surface area contributed by atoms with Crippen molar-refractivity contribution < 1.29 is 28.5 Å². The van der Waals surface area contributed by atoms with E-state index in [-0.39, 0.29) is 16.5 Å². The minimum absolute atomic E-state index is 0.178. The number of anilines is 1. The zero-order chi connectivity index (χ0) is 23.7. The van der Waals surface area contributed by atoms with Gasteiger partial charge in [0.2, 0.25) is 6.04 Å². The van der Waals surface area contributed by atoms with Gasteiger partial charge in [0.05, 0.1) is 32.5 Å². The number of halogens is 1. The zero-order valence-corrected chi connectivity index (χ0v) is 19.4. The van der Waals surface area contributed by atoms with Gasteiger partial charge in [-0.15, -0.1) is 0 Å². The summed E-state index contributed by atoms with van der Waals surface area (Å²) >= 11 is 6.25. The molecule has 1 unspecified atom stereocenters. The van der Waals surface area contributed by atoms with Crippen molar-refractivity contribution in [3.05, 3.63) is 35.4 Å². The number of amides is 1. The van der Waals surface area contributed by atoms with Gasteiger partial charge in [0.1, 0.15) is 34.4 Å². The first kappa shape index (κ1) is 24.9. The molecule has 0 spiro atoms. The van der Waals surface area contributed by atoms with Crippen molar-refractivity contribution in [2.24, 2.45) is 10.2 Å². The Morgan fingerprint density at radius 2 is 1.72 bits per heavy atom. The molecule has 0 saturated carbocycles. The largest absolute Gasteiger partial charge is 0.497 e. The first-order chi connectivity index (χ1) is 15.3. The van der Waals surface area contributed by atoms with E-state index in [1.807, 2.05) is 13.8 Å². The van der Waals surface area contributed by atoms with E-state index in [2.05, 4.69) is 15.5 Å². The Morgan fingerprint density at radius 3 is 2.31 bits per heavy atom. The quantitative estimate of drug-likeness (QED) is 0.377. The third-order valence-corrected chi connectivity index (χ3v) is 4.49. The standard InChI is InChI=1S/C22H26ClN3O6/c1-6-31-14-8-9-18(32-7-2)17(11-14)25-26-20(13(3)27)22(28)24-21-16(23)10-15(29-4)12-19(21)30-5/h8-12,20H,6-7H2,1-5H3,(H,24,28). The van der Waals surface area contributed by atoms with Crippen molar-refractivity contribution in [1.29, 1.82) is 0 Å². The summed E-state index contributed by atoms with van der Waals surface area (Å²) < 4.78 is 21.4. The van der Waals surface area contributed by atoms with Gasteiger partial charge >= 0.3 is 0 Å². The fraction of sp³-hybridized carbons (Fsp3) is 0.364. The Balaban J connectivity index is 2.34. The number of ketones is 1. The van der Waals surface area contributed by atoms with Gasteiger partial charge in [-0.25, -0.2) is 0 Å². The van der Waals surface area contributed by atoms with Crippen LogP contribution in [0.15, 0.2) is 40.6 Å². The van der Waals surface area contributed by atoms with Crippen LogP contribution < -0.4 is 24.3 Å². The number of nitrogens with zero attached hydrogens (tertiary/aromatic N) is 2. The third-order valence-electron chi connectivity index (χ3n) is 4.19. The fourth-order valence-corrected chi connectivity index (χ4v) is 2.95. The normalized spacial score (nSPS) is 11.7. The number of carbonyl (C=O) groups excluding carboxylic acids is 2. The Morgan fingerprint density at radius 1 is 1.00 bits per heavy atom. The molecule has 172 valence electrons. The number of benzene rings is 2. The van der Waals surface area contributed by atoms with Gasteiger partial charge in [-0.2, -0.15) is 10.2 Å². The molecule has 0 aromatic heterocycles. The maximum Gasteiger partial charge on any atom is 0.258 e. The number of methoxy groups -OCH3 is 2. The molecule has 1 amide bonds. The van der Waals surface area contributed by atoms with Crippen molar-refractivity contribution in [2.45, 2.75) is 26.8 Å². The van der Waals surface area contributed by atoms with E-state index in [4.69, 9.17) is 30.5 Å². The number of azo groups is 1. The predicted molar refractivity (Wildman–Crippen MR) is 121 cm³/mol. The van der Waals surface area contributed by atoms with Crippen LogP contribution in [0.25, 0.3) is 0 Å². The van der Waals surface area contributed by atoms with Gasteiger partial charge in [-0.3, -0.25) is 9.59 Å². The molecule has 0 fully saturated rings. The lowest BCUT2D eigenvalue weighted by molar-refractivity contribution is -0.126. The fourth-order valence-electron chi connectivity index (χ4n) is 2.70. The number of hydrogen-bond donors (Lipinski definition) is 1. The lowest BCUT2D eigenvalue weighted by Gasteiger charge is -2.15. The van der Waals surface area contributed by atoms with E-state index in [1.165, 1.54) is 27.2 Å². The van der Waals surface area contributed by atoms with Crippen LogP contribution in [-0.4, -0.2) is 45.2 Å². The van der Waals surface area contributed by atoms with Crippen LogP contribution in [0.3, 0.4) is 0 Å². The summed E-state index contributed by atoms with van der Waals surface area (Å²) in [5, 5.41) is 10.8. The number of hydrogen-bond acceptors (Lipinski definition) is 8. The van der Waals surface area contributed by atoms with E-state index in [9.17, 15) is 9.59 Å². The average Bonchev–Trinajstić information content (AvgIpc) is 2.76. The second kappa shape index (κ2) is 11.9. The summed E-state index contributed by atoms with van der Waals surface area (Å²) in [7, 11) is 2.90. The Bertz CT molecular complexity index is 996. The molecule has 2 aromatic rings. The van der Waals surface area contributed by atoms with Crippen LogP contribution in [0.4, 0.5) is 11.4 Å². The van der Waals surface area contributed by atoms with Gasteiger partial charge in [0.25, 0.3) is 5.91 Å². The second-order valence-electron chi connectivity index (χ2n) is 6.40. The van der Waals surface area contributed by atoms with Gasteiger partial charge in [-0.05, 0) is 32.9 Å². The lowest BCUT2D eigenvalue weighted by Crippen LogP contribution is -2.32. The number of nitrogens with one attached hydrogen (secondary N) is 1. The van der Waals surface area contributed by atoms with Crippen molar-refractivity contribution in [2.75, 3.05) is 32.8 Å². The van der Waals surface area contributed by atoms with Crippen LogP contribution in [0.1, 0.15) is 20.8 Å². The summed E-state index contributed by atoms with van der Waals surface area (Å²) in [6.45, 7) is 5.80. The van der Waals surface area contributed by atoms with E-state index >= 15 is 0 Å². The molecule has 1 N–H and O–H groups in total. The van der Waals surface area contributed by atoms with Crippen molar-refractivity contribution in [3.8, 4) is 23.0 Å². The second-order valence-corrected chi connectivity index (χ2v) is 6.81. The summed E-state index contributed by atoms with van der Waals surface area (Å²) in [6.07, 6.45) is 0. The number of ether oxygens (including phenoxy) is 4. The molecule has 32 heavy (non-hydrogen) atoms. The lowest BCUT2D eigenvalue weighted by atomic mass is 10.2. The van der Waals surface area contributed by atoms with Crippen molar-refractivity contribution >= 4 is 34.7 Å². The average molecular weight is 464 g/mol. The molecule has 0 bridgehead atoms. The highest BCUT2D eigenvalue weighted by molar-refractivity contribution is 6.34. The molecule has 0 aliphatic heterocycles. The molecule has 9 nitrogen and oxygen atoms in total. The monoisotopic (exact) mass is 463 g/mol. The molecular formula is C22H26ClN3O6. The summed E-state index contributed by atoms with van der Waals surface area (Å²) in [4.78, 5) is 25.0. The summed E-state index contributed by atoms with van der Waals surface area (Å²) in [6, 6.07) is 6.70. The molecule has 2 aromatic carbocycles. The highest BCUT2D eigenvalue weighted by atomic mass is 35.5. The van der Waals surface area contributed by atoms with Crippen LogP contribution >= 0.6 is 11.6 Å². The minimum atomic E-state index is -1.41. The highest BCUT2D eigenvalue weighted by Gasteiger charge is 2.25. The predicted octanol–water partition coefficient (Wildman–Crippen LogP) is 4.83. The maximum atomic E-state index is 12.8. The van der Waals surface area contributed by atoms with Crippen LogP contribution in [0, 0.1) is 0 Å². The Hall–Kier alpha value is -3.33. The van der Waals surface area contributed by atoms with Crippen molar-refractivity contribution in [3.63, 3.8) is 0 Å². The van der Waals surface area contributed by atoms with E-state index in [1.54, 1.807) is 24.3 Å². The van der Waals surface area contributed by atoms with E-state index in [0.717, 1.165) is 0 Å². The number of rotatable bonds is 11. The zero-order valence-electron chi connectivity index (χ0n) is 18.6. The van der Waals surface area contributed by atoms with Gasteiger partial charge in [0.15, 0.2) is 5.78 Å². The van der Waals surface area contributed by atoms with Gasteiger partial charge < -0.3 is 24.3 Å². The van der Waals surface area contributed by atoms with E-state index < -0.39 is 17.7 Å². The molecule has 2 rings (SSSR count). The van der Waals surface area contributed by atoms with Crippen molar-refractivity contribution in [1.82, 2.24) is 0 Å². The van der Waals surface area contributed by atoms with Crippen LogP contribution in [0.2, 0.25) is 5.02 Å². The summed E-state index contributed by atoms with van der Waals surface area (Å²) in [5.41, 5.74) is 0.520. The van der Waals surface area contributed by atoms with Gasteiger partial charge in [-0.1, -0.05) is 11.6 Å². The highest BCUT2D eigenvalue weighted by Crippen LogP contribution is 2.37.